The van der Waals surface area contributed by atoms with Crippen LogP contribution in [-0.4, -0.2) is 23.8 Å². The van der Waals surface area contributed by atoms with E-state index in [-0.39, 0.29) is 0 Å². The van der Waals surface area contributed by atoms with E-state index >= 15 is 0 Å². The summed E-state index contributed by atoms with van der Waals surface area (Å²) in [7, 11) is 0. The molecule has 150 valence electrons. The Kier molecular flexibility index (Phi) is 19.2. The number of hydrogen-bond acceptors (Lipinski definition) is 3. The minimum absolute atomic E-state index is 0.343. The van der Waals surface area contributed by atoms with Crippen molar-refractivity contribution in [3.8, 4) is 0 Å². The van der Waals surface area contributed by atoms with Crippen LogP contribution >= 0.6 is 0 Å². The highest BCUT2D eigenvalue weighted by molar-refractivity contribution is 5.66. The normalized spacial score (nSPS) is 16.0. The van der Waals surface area contributed by atoms with Gasteiger partial charge in [0.2, 0.25) is 0 Å². The zero-order valence-electron chi connectivity index (χ0n) is 16.8. The Balaban J connectivity index is 0.000000972. The average Bonchev–Trinajstić information content (AvgIpc) is 2.57. The van der Waals surface area contributed by atoms with Gasteiger partial charge in [-0.15, -0.1) is 0 Å². The second-order valence-electron chi connectivity index (χ2n) is 7.28. The van der Waals surface area contributed by atoms with Gasteiger partial charge in [-0.05, 0) is 13.3 Å². The van der Waals surface area contributed by atoms with Gasteiger partial charge in [-0.1, -0.05) is 96.8 Å². The van der Waals surface area contributed by atoms with Gasteiger partial charge >= 0.3 is 5.97 Å². The number of carboxylic acids is 1. The van der Waals surface area contributed by atoms with Crippen LogP contribution in [0.2, 0.25) is 0 Å². The van der Waals surface area contributed by atoms with Crippen LogP contribution in [0.5, 0.6) is 0 Å². The molecule has 0 spiro atoms. The van der Waals surface area contributed by atoms with Gasteiger partial charge in [0.25, 0.3) is 0 Å². The monoisotopic (exact) mass is 358 g/mol. The molecular formula is C21H42O4. The molecule has 0 aromatic rings. The molecule has 0 amide bonds. The molecule has 1 atom stereocenters. The molecule has 25 heavy (non-hydrogen) atoms. The van der Waals surface area contributed by atoms with Crippen molar-refractivity contribution in [3.63, 3.8) is 0 Å². The predicted molar refractivity (Wildman–Crippen MR) is 104 cm³/mol. The third-order valence-corrected chi connectivity index (χ3v) is 4.53. The van der Waals surface area contributed by atoms with Crippen LogP contribution in [0, 0.1) is 0 Å². The molecule has 0 aromatic carbocycles. The van der Waals surface area contributed by atoms with Crippen LogP contribution in [-0.2, 0) is 14.6 Å². The molecular weight excluding hydrogens is 316 g/mol. The number of carbonyl (C=O) groups is 1. The lowest BCUT2D eigenvalue weighted by Crippen LogP contribution is -2.26. The Bertz CT molecular complexity index is 277. The van der Waals surface area contributed by atoms with Crippen molar-refractivity contribution in [1.29, 1.82) is 0 Å². The molecule has 0 aliphatic carbocycles. The van der Waals surface area contributed by atoms with Crippen LogP contribution in [0.15, 0.2) is 0 Å². The van der Waals surface area contributed by atoms with E-state index in [1.165, 1.54) is 83.5 Å². The molecule has 0 bridgehead atoms. The zero-order valence-corrected chi connectivity index (χ0v) is 16.8. The fourth-order valence-electron chi connectivity index (χ4n) is 2.85. The second-order valence-corrected chi connectivity index (χ2v) is 7.28. The third-order valence-electron chi connectivity index (χ3n) is 4.53. The minimum atomic E-state index is -0.653. The Morgan fingerprint density at radius 2 is 1.12 bits per heavy atom. The van der Waals surface area contributed by atoms with E-state index in [0.29, 0.717) is 12.5 Å². The predicted octanol–water partition coefficient (Wildman–Crippen LogP) is 6.67. The highest BCUT2D eigenvalue weighted by atomic mass is 17.2. The molecule has 1 aliphatic rings. The van der Waals surface area contributed by atoms with Gasteiger partial charge in [0.1, 0.15) is 12.7 Å². The standard InChI is InChI=1S/C18H36O2.C3H6O2/c1-2-3-4-5-6-7-8-9-10-11-12-13-14-15-16-17-18(19)20;1-3-2-4-5-3/h2-17H2,1H3,(H,19,20);3H,2H2,1H3. The van der Waals surface area contributed by atoms with E-state index in [4.69, 9.17) is 5.11 Å². The molecule has 4 nitrogen and oxygen atoms in total. The second kappa shape index (κ2) is 19.7. The molecule has 1 saturated heterocycles. The van der Waals surface area contributed by atoms with Crippen LogP contribution in [0.1, 0.15) is 117 Å². The van der Waals surface area contributed by atoms with E-state index in [1.54, 1.807) is 0 Å². The summed E-state index contributed by atoms with van der Waals surface area (Å²) in [6.07, 6.45) is 20.5. The van der Waals surface area contributed by atoms with Crippen LogP contribution < -0.4 is 0 Å². The summed E-state index contributed by atoms with van der Waals surface area (Å²) in [6, 6.07) is 0. The summed E-state index contributed by atoms with van der Waals surface area (Å²) in [5, 5.41) is 8.52. The molecule has 1 N–H and O–H groups in total. The van der Waals surface area contributed by atoms with Crippen molar-refractivity contribution in [2.75, 3.05) is 6.61 Å². The molecule has 1 heterocycles. The third kappa shape index (κ3) is 21.3. The number of hydrogen-bond donors (Lipinski definition) is 1. The Morgan fingerprint density at radius 1 is 0.800 bits per heavy atom. The average molecular weight is 359 g/mol. The molecule has 0 aromatic heterocycles. The molecule has 1 unspecified atom stereocenters. The first-order valence-corrected chi connectivity index (χ1v) is 10.7. The van der Waals surface area contributed by atoms with E-state index in [0.717, 1.165) is 19.4 Å². The van der Waals surface area contributed by atoms with Gasteiger partial charge < -0.3 is 5.11 Å². The summed E-state index contributed by atoms with van der Waals surface area (Å²) in [6.45, 7) is 5.00. The van der Waals surface area contributed by atoms with E-state index in [9.17, 15) is 4.79 Å². The maximum atomic E-state index is 10.3. The van der Waals surface area contributed by atoms with E-state index in [2.05, 4.69) is 16.7 Å². The quantitative estimate of drug-likeness (QED) is 0.247. The Hall–Kier alpha value is -0.610. The first-order valence-electron chi connectivity index (χ1n) is 10.7. The first kappa shape index (κ1) is 24.4. The highest BCUT2D eigenvalue weighted by Crippen LogP contribution is 2.13. The SMILES string of the molecule is CC1COO1.CCCCCCCCCCCCCCCCCC(=O)O. The summed E-state index contributed by atoms with van der Waals surface area (Å²) in [4.78, 5) is 19.1. The molecule has 4 heteroatoms. The van der Waals surface area contributed by atoms with Gasteiger partial charge in [0, 0.05) is 6.42 Å². The maximum absolute atomic E-state index is 10.3. The first-order chi connectivity index (χ1) is 12.2. The fourth-order valence-corrected chi connectivity index (χ4v) is 2.85. The van der Waals surface area contributed by atoms with Crippen molar-refractivity contribution in [2.24, 2.45) is 0 Å². The van der Waals surface area contributed by atoms with E-state index in [1.807, 2.05) is 6.92 Å². The molecule has 1 aliphatic heterocycles. The lowest BCUT2D eigenvalue weighted by molar-refractivity contribution is -0.419. The van der Waals surface area contributed by atoms with Gasteiger partial charge in [-0.2, -0.15) is 0 Å². The smallest absolute Gasteiger partial charge is 0.303 e. The van der Waals surface area contributed by atoms with Crippen LogP contribution in [0.3, 0.4) is 0 Å². The topological polar surface area (TPSA) is 55.8 Å². The lowest BCUT2D eigenvalue weighted by atomic mass is 10.0. The van der Waals surface area contributed by atoms with E-state index < -0.39 is 5.97 Å². The number of unbranched alkanes of at least 4 members (excludes halogenated alkanes) is 14. The fraction of sp³-hybridized carbons (Fsp3) is 0.952. The minimum Gasteiger partial charge on any atom is -0.481 e. The van der Waals surface area contributed by atoms with Gasteiger partial charge in [0.15, 0.2) is 0 Å². The summed E-state index contributed by atoms with van der Waals surface area (Å²) in [5.74, 6) is -0.653. The molecule has 1 rings (SSSR count). The summed E-state index contributed by atoms with van der Waals surface area (Å²) < 4.78 is 0. The zero-order chi connectivity index (χ0) is 18.6. The summed E-state index contributed by atoms with van der Waals surface area (Å²) >= 11 is 0. The Labute approximate surface area is 155 Å². The number of rotatable bonds is 16. The molecule has 0 radical (unpaired) electrons. The number of aliphatic carboxylic acids is 1. The van der Waals surface area contributed by atoms with Crippen molar-refractivity contribution in [3.05, 3.63) is 0 Å². The molecule has 1 fully saturated rings. The van der Waals surface area contributed by atoms with Gasteiger partial charge in [-0.25, -0.2) is 9.78 Å². The van der Waals surface area contributed by atoms with Gasteiger partial charge in [0.05, 0.1) is 0 Å². The van der Waals surface area contributed by atoms with Crippen molar-refractivity contribution in [1.82, 2.24) is 0 Å². The summed E-state index contributed by atoms with van der Waals surface area (Å²) in [5.41, 5.74) is 0. The van der Waals surface area contributed by atoms with Crippen LogP contribution in [0.25, 0.3) is 0 Å². The van der Waals surface area contributed by atoms with Gasteiger partial charge in [-0.3, -0.25) is 4.79 Å². The largest absolute Gasteiger partial charge is 0.481 e. The highest BCUT2D eigenvalue weighted by Gasteiger charge is 2.12. The Morgan fingerprint density at radius 3 is 1.36 bits per heavy atom. The van der Waals surface area contributed by atoms with Crippen molar-refractivity contribution >= 4 is 5.97 Å². The maximum Gasteiger partial charge on any atom is 0.303 e. The number of carboxylic acid groups (broad SMARTS) is 1. The lowest BCUT2D eigenvalue weighted by Gasteiger charge is -2.18. The van der Waals surface area contributed by atoms with Crippen molar-refractivity contribution < 1.29 is 19.7 Å². The van der Waals surface area contributed by atoms with Crippen molar-refractivity contribution in [2.45, 2.75) is 123 Å². The molecule has 0 saturated carbocycles. The van der Waals surface area contributed by atoms with Crippen LogP contribution in [0.4, 0.5) is 0 Å².